The molecule has 0 aliphatic carbocycles. The topological polar surface area (TPSA) is 142 Å². The Kier molecular flexibility index (Phi) is 9.45. The van der Waals surface area contributed by atoms with Gasteiger partial charge in [-0.2, -0.15) is 5.10 Å². The molecule has 1 aliphatic rings. The molecular formula is C21H30N6O6. The van der Waals surface area contributed by atoms with Crippen LogP contribution >= 0.6 is 0 Å². The molecule has 180 valence electrons. The molecule has 0 radical (unpaired) electrons. The fraction of sp³-hybridized carbons (Fsp3) is 0.476. The molecule has 1 aromatic carbocycles. The Morgan fingerprint density at radius 1 is 1.24 bits per heavy atom. The number of hydrazone groups is 1. The van der Waals surface area contributed by atoms with Gasteiger partial charge in [0.1, 0.15) is 6.04 Å². The first kappa shape index (κ1) is 25.4. The van der Waals surface area contributed by atoms with Crippen LogP contribution in [-0.2, 0) is 19.2 Å². The first-order valence-electron chi connectivity index (χ1n) is 10.5. The molecule has 0 unspecified atom stereocenters. The highest BCUT2D eigenvalue weighted by atomic mass is 16.7. The number of anilines is 1. The summed E-state index contributed by atoms with van der Waals surface area (Å²) in [5, 5.41) is 8.99. The maximum atomic E-state index is 12.7. The molecule has 0 bridgehead atoms. The van der Waals surface area contributed by atoms with E-state index in [1.807, 2.05) is 0 Å². The minimum Gasteiger partial charge on any atom is -0.463 e. The van der Waals surface area contributed by atoms with E-state index < -0.39 is 24.1 Å². The number of urea groups is 1. The van der Waals surface area contributed by atoms with Crippen molar-refractivity contribution in [2.45, 2.75) is 38.8 Å². The van der Waals surface area contributed by atoms with Crippen LogP contribution in [0.4, 0.5) is 15.3 Å². The molecule has 1 heterocycles. The first-order valence-corrected chi connectivity index (χ1v) is 10.5. The van der Waals surface area contributed by atoms with Crippen molar-refractivity contribution in [1.82, 2.24) is 21.1 Å². The lowest BCUT2D eigenvalue weighted by Crippen LogP contribution is -2.46. The van der Waals surface area contributed by atoms with Crippen molar-refractivity contribution in [2.75, 3.05) is 32.1 Å². The maximum absolute atomic E-state index is 12.7. The van der Waals surface area contributed by atoms with Gasteiger partial charge >= 0.3 is 18.1 Å². The van der Waals surface area contributed by atoms with Crippen LogP contribution in [0, 0.1) is 0 Å². The Labute approximate surface area is 192 Å². The third kappa shape index (κ3) is 8.31. The molecule has 2 rings (SSSR count). The molecule has 0 spiro atoms. The SMILES string of the molecule is CC(C)OC(=O)CCNC(=O)N[C@H]1CCN(c2ccc(C=NNOC(=O)N(C)C)cc2)C1=O. The number of ether oxygens (including phenoxy) is 1. The number of carbonyl (C=O) groups excluding carboxylic acids is 4. The molecule has 12 nitrogen and oxygen atoms in total. The average Bonchev–Trinajstić information content (AvgIpc) is 3.10. The van der Waals surface area contributed by atoms with Gasteiger partial charge in [0.05, 0.1) is 18.7 Å². The Morgan fingerprint density at radius 2 is 1.94 bits per heavy atom. The van der Waals surface area contributed by atoms with E-state index in [1.54, 1.807) is 57.1 Å². The van der Waals surface area contributed by atoms with Crippen molar-refractivity contribution in [3.63, 3.8) is 0 Å². The number of carbonyl (C=O) groups is 4. The first-order chi connectivity index (χ1) is 15.7. The smallest absolute Gasteiger partial charge is 0.434 e. The normalized spacial score (nSPS) is 15.5. The highest BCUT2D eigenvalue weighted by Crippen LogP contribution is 2.21. The second-order valence-electron chi connectivity index (χ2n) is 7.72. The molecule has 12 heteroatoms. The third-order valence-corrected chi connectivity index (χ3v) is 4.46. The summed E-state index contributed by atoms with van der Waals surface area (Å²) in [4.78, 5) is 55.0. The standard InChI is InChI=1S/C21H30N6O6/c1-14(2)32-18(28)9-11-22-20(30)24-17-10-12-27(19(17)29)16-7-5-15(6-8-16)13-23-25-33-21(31)26(3)4/h5-8,13-14,17,25H,9-12H2,1-4H3,(H2,22,24,30)/t17-/m0/s1. The van der Waals surface area contributed by atoms with Crippen LogP contribution in [-0.4, -0.2) is 74.4 Å². The maximum Gasteiger partial charge on any atom is 0.434 e. The highest BCUT2D eigenvalue weighted by molar-refractivity contribution is 6.01. The van der Waals surface area contributed by atoms with Crippen LogP contribution in [0.15, 0.2) is 29.4 Å². The molecule has 1 aliphatic heterocycles. The van der Waals surface area contributed by atoms with Gasteiger partial charge in [-0.05, 0) is 38.0 Å². The summed E-state index contributed by atoms with van der Waals surface area (Å²) in [6.45, 7) is 4.08. The number of amides is 4. The van der Waals surface area contributed by atoms with Crippen molar-refractivity contribution in [3.05, 3.63) is 29.8 Å². The Hall–Kier alpha value is -3.83. The Balaban J connectivity index is 1.78. The minimum absolute atomic E-state index is 0.0552. The van der Waals surface area contributed by atoms with Gasteiger partial charge in [-0.1, -0.05) is 12.1 Å². The van der Waals surface area contributed by atoms with Crippen LogP contribution in [0.25, 0.3) is 0 Å². The summed E-state index contributed by atoms with van der Waals surface area (Å²) >= 11 is 0. The fourth-order valence-electron chi connectivity index (χ4n) is 2.88. The zero-order valence-electron chi connectivity index (χ0n) is 19.2. The number of nitrogens with one attached hydrogen (secondary N) is 3. The van der Waals surface area contributed by atoms with Gasteiger partial charge < -0.3 is 30.0 Å². The second kappa shape index (κ2) is 12.3. The van der Waals surface area contributed by atoms with E-state index in [4.69, 9.17) is 4.74 Å². The summed E-state index contributed by atoms with van der Waals surface area (Å²) < 4.78 is 4.99. The van der Waals surface area contributed by atoms with E-state index >= 15 is 0 Å². The molecule has 1 saturated heterocycles. The number of nitrogens with zero attached hydrogens (tertiary/aromatic N) is 3. The molecule has 1 atom stereocenters. The van der Waals surface area contributed by atoms with Gasteiger partial charge in [0, 0.05) is 32.9 Å². The predicted molar refractivity (Wildman–Crippen MR) is 120 cm³/mol. The Bertz CT molecular complexity index is 871. The van der Waals surface area contributed by atoms with Crippen LogP contribution in [0.2, 0.25) is 0 Å². The highest BCUT2D eigenvalue weighted by Gasteiger charge is 2.33. The fourth-order valence-corrected chi connectivity index (χ4v) is 2.88. The zero-order chi connectivity index (χ0) is 24.4. The summed E-state index contributed by atoms with van der Waals surface area (Å²) in [5.74, 6) is -0.615. The molecular weight excluding hydrogens is 432 g/mol. The Morgan fingerprint density at radius 3 is 2.58 bits per heavy atom. The van der Waals surface area contributed by atoms with E-state index in [1.165, 1.54) is 11.1 Å². The van der Waals surface area contributed by atoms with E-state index in [9.17, 15) is 19.2 Å². The van der Waals surface area contributed by atoms with Crippen LogP contribution < -0.4 is 21.1 Å². The number of hydrogen-bond acceptors (Lipinski definition) is 8. The lowest BCUT2D eigenvalue weighted by atomic mass is 10.2. The molecule has 1 fully saturated rings. The lowest BCUT2D eigenvalue weighted by Gasteiger charge is -2.17. The number of benzene rings is 1. The number of esters is 1. The molecule has 3 N–H and O–H groups in total. The zero-order valence-corrected chi connectivity index (χ0v) is 19.2. The van der Waals surface area contributed by atoms with E-state index in [-0.39, 0.29) is 25.0 Å². The molecule has 0 aromatic heterocycles. The van der Waals surface area contributed by atoms with E-state index in [0.717, 1.165) is 5.56 Å². The monoisotopic (exact) mass is 462 g/mol. The van der Waals surface area contributed by atoms with Gasteiger partial charge in [0.15, 0.2) is 0 Å². The molecule has 0 saturated carbocycles. The van der Waals surface area contributed by atoms with Gasteiger partial charge in [-0.15, -0.1) is 5.59 Å². The largest absolute Gasteiger partial charge is 0.463 e. The third-order valence-electron chi connectivity index (χ3n) is 4.46. The van der Waals surface area contributed by atoms with Crippen molar-refractivity contribution in [1.29, 1.82) is 0 Å². The molecule has 33 heavy (non-hydrogen) atoms. The van der Waals surface area contributed by atoms with Crippen molar-refractivity contribution >= 4 is 35.9 Å². The van der Waals surface area contributed by atoms with Gasteiger partial charge in [-0.25, -0.2) is 9.59 Å². The average molecular weight is 463 g/mol. The summed E-state index contributed by atoms with van der Waals surface area (Å²) in [7, 11) is 3.09. The van der Waals surface area contributed by atoms with Gasteiger partial charge in [0.25, 0.3) is 0 Å². The molecule has 1 aromatic rings. The summed E-state index contributed by atoms with van der Waals surface area (Å²) in [6.07, 6.45) is 1.19. The lowest BCUT2D eigenvalue weighted by molar-refractivity contribution is -0.147. The summed E-state index contributed by atoms with van der Waals surface area (Å²) in [6, 6.07) is 5.86. The predicted octanol–water partition coefficient (Wildman–Crippen LogP) is 0.970. The minimum atomic E-state index is -0.649. The quantitative estimate of drug-likeness (QED) is 0.282. The second-order valence-corrected chi connectivity index (χ2v) is 7.72. The molecule has 4 amide bonds. The van der Waals surface area contributed by atoms with Crippen LogP contribution in [0.5, 0.6) is 0 Å². The van der Waals surface area contributed by atoms with Crippen LogP contribution in [0.1, 0.15) is 32.3 Å². The van der Waals surface area contributed by atoms with Crippen LogP contribution in [0.3, 0.4) is 0 Å². The van der Waals surface area contributed by atoms with Crippen molar-refractivity contribution in [2.24, 2.45) is 5.10 Å². The number of hydrogen-bond donors (Lipinski definition) is 3. The van der Waals surface area contributed by atoms with Crippen molar-refractivity contribution in [3.8, 4) is 0 Å². The number of rotatable bonds is 9. The van der Waals surface area contributed by atoms with E-state index in [2.05, 4.69) is 26.2 Å². The van der Waals surface area contributed by atoms with Crippen molar-refractivity contribution < 1.29 is 28.8 Å². The van der Waals surface area contributed by atoms with Gasteiger partial charge in [0.2, 0.25) is 5.91 Å². The van der Waals surface area contributed by atoms with Gasteiger partial charge in [-0.3, -0.25) is 9.59 Å². The van der Waals surface area contributed by atoms with E-state index in [0.29, 0.717) is 18.7 Å². The summed E-state index contributed by atoms with van der Waals surface area (Å²) in [5.41, 5.74) is 3.60.